The van der Waals surface area contributed by atoms with Crippen LogP contribution in [0.25, 0.3) is 88.0 Å². The van der Waals surface area contributed by atoms with Crippen LogP contribution in [0.2, 0.25) is 0 Å². The van der Waals surface area contributed by atoms with Gasteiger partial charge in [0.05, 0.1) is 5.48 Å². The molecule has 0 aliphatic rings. The first-order valence-corrected chi connectivity index (χ1v) is 19.5. The highest BCUT2D eigenvalue weighted by molar-refractivity contribution is 6.19. The summed E-state index contributed by atoms with van der Waals surface area (Å²) in [5, 5.41) is 6.60. The number of fused-ring (bicyclic) bond motifs is 6. The van der Waals surface area contributed by atoms with E-state index in [9.17, 15) is 5.48 Å². The first-order chi connectivity index (χ1) is 30.4. The van der Waals surface area contributed by atoms with Gasteiger partial charge in [-0.05, 0) is 115 Å². The summed E-state index contributed by atoms with van der Waals surface area (Å²) in [4.78, 5) is 1.84. The molecule has 272 valence electrons. The minimum absolute atomic E-state index is 0.103. The van der Waals surface area contributed by atoms with Crippen LogP contribution in [-0.4, -0.2) is 0 Å². The molecule has 0 N–H and O–H groups in total. The van der Waals surface area contributed by atoms with Crippen LogP contribution < -0.4 is 4.90 Å². The first kappa shape index (κ1) is 29.6. The Morgan fingerprint density at radius 2 is 0.897 bits per heavy atom. The maximum absolute atomic E-state index is 9.52. The number of furan rings is 1. The smallest absolute Gasteiger partial charge is 0.143 e. The van der Waals surface area contributed by atoms with Gasteiger partial charge in [-0.1, -0.05) is 170 Å². The maximum Gasteiger partial charge on any atom is 0.143 e. The third-order valence-electron chi connectivity index (χ3n) is 11.1. The van der Waals surface area contributed by atoms with Gasteiger partial charge < -0.3 is 9.32 Å². The van der Waals surface area contributed by atoms with Crippen molar-refractivity contribution in [3.63, 3.8) is 0 Å². The van der Waals surface area contributed by atoms with Gasteiger partial charge in [-0.25, -0.2) is 0 Å². The van der Waals surface area contributed by atoms with Crippen LogP contribution in [0.3, 0.4) is 0 Å². The molecule has 11 rings (SSSR count). The van der Waals surface area contributed by atoms with Crippen LogP contribution >= 0.6 is 0 Å². The minimum atomic E-state index is -0.127. The highest BCUT2D eigenvalue weighted by Crippen LogP contribution is 2.42. The second kappa shape index (κ2) is 14.1. The molecule has 0 spiro atoms. The molecule has 58 heavy (non-hydrogen) atoms. The van der Waals surface area contributed by atoms with Gasteiger partial charge in [-0.2, -0.15) is 0 Å². The van der Waals surface area contributed by atoms with Gasteiger partial charge in [0.1, 0.15) is 11.2 Å². The Kier molecular flexibility index (Phi) is 7.20. The van der Waals surface area contributed by atoms with Crippen LogP contribution in [0.4, 0.5) is 17.1 Å². The Hall–Kier alpha value is -7.68. The zero-order chi connectivity index (χ0) is 41.9. The van der Waals surface area contributed by atoms with Gasteiger partial charge in [0, 0.05) is 33.2 Å². The number of benzene rings is 10. The van der Waals surface area contributed by atoms with E-state index in [4.69, 9.17) is 4.42 Å². The lowest BCUT2D eigenvalue weighted by Gasteiger charge is -2.26. The lowest BCUT2D eigenvalue weighted by molar-refractivity contribution is 0.673. The monoisotopic (exact) mass is 743 g/mol. The molecule has 10 aromatic carbocycles. The fourth-order valence-electron chi connectivity index (χ4n) is 8.19. The van der Waals surface area contributed by atoms with Crippen molar-refractivity contribution in [2.75, 3.05) is 4.90 Å². The summed E-state index contributed by atoms with van der Waals surface area (Å²) in [5.74, 6) is 0. The number of anilines is 3. The summed E-state index contributed by atoms with van der Waals surface area (Å²) in [6, 6.07) is 66.8. The molecule has 0 unspecified atom stereocenters. The normalized spacial score (nSPS) is 12.4. The molecule has 0 radical (unpaired) electrons. The molecule has 2 heteroatoms. The van der Waals surface area contributed by atoms with Gasteiger partial charge in [0.2, 0.25) is 0 Å². The second-order valence-electron chi connectivity index (χ2n) is 14.6. The molecule has 0 aliphatic carbocycles. The van der Waals surface area contributed by atoms with Crippen molar-refractivity contribution in [1.82, 2.24) is 0 Å². The second-order valence-corrected chi connectivity index (χ2v) is 14.6. The van der Waals surface area contributed by atoms with E-state index in [2.05, 4.69) is 72.8 Å². The van der Waals surface area contributed by atoms with Crippen LogP contribution in [-0.2, 0) is 0 Å². The Morgan fingerprint density at radius 1 is 0.345 bits per heavy atom. The Morgan fingerprint density at radius 3 is 1.64 bits per heavy atom. The van der Waals surface area contributed by atoms with Crippen molar-refractivity contribution >= 4 is 60.5 Å². The highest BCUT2D eigenvalue weighted by atomic mass is 16.3. The van der Waals surface area contributed by atoms with E-state index in [1.807, 2.05) is 132 Å². The molecule has 0 fully saturated rings. The average Bonchev–Trinajstić information content (AvgIpc) is 3.73. The lowest BCUT2D eigenvalue weighted by Crippen LogP contribution is -2.09. The fourth-order valence-corrected chi connectivity index (χ4v) is 8.19. The molecule has 0 bridgehead atoms. The largest absolute Gasteiger partial charge is 0.455 e. The van der Waals surface area contributed by atoms with E-state index >= 15 is 0 Å². The van der Waals surface area contributed by atoms with Crippen molar-refractivity contribution in [3.05, 3.63) is 224 Å². The zero-order valence-corrected chi connectivity index (χ0v) is 31.4. The topological polar surface area (TPSA) is 16.4 Å². The molecule has 11 aromatic rings. The van der Waals surface area contributed by atoms with Gasteiger partial charge in [0.15, 0.2) is 0 Å². The summed E-state index contributed by atoms with van der Waals surface area (Å²) in [5.41, 5.74) is 10.3. The molecule has 0 atom stereocenters. The SMILES string of the molecule is [2H]c1c([2H])c(N(c2ccc(-c3ccc4ccccc4c3)cc2)c2ccc(-c3cccc4oc5c6ccccc6ccc5c34)cc2)c([2H])c([2H])c1-c1ccc(-c2ccccc2)cc1. The summed E-state index contributed by atoms with van der Waals surface area (Å²) in [7, 11) is 0. The van der Waals surface area contributed by atoms with E-state index < -0.39 is 0 Å². The Labute approximate surface area is 343 Å². The number of hydrogen-bond donors (Lipinski definition) is 0. The van der Waals surface area contributed by atoms with E-state index in [1.54, 1.807) is 0 Å². The molecule has 0 saturated carbocycles. The summed E-state index contributed by atoms with van der Waals surface area (Å²) in [6.07, 6.45) is 0. The third-order valence-corrected chi connectivity index (χ3v) is 11.1. The molecule has 1 heterocycles. The zero-order valence-electron chi connectivity index (χ0n) is 35.4. The van der Waals surface area contributed by atoms with Gasteiger partial charge in [-0.15, -0.1) is 0 Å². The van der Waals surface area contributed by atoms with Crippen molar-refractivity contribution < 1.29 is 9.90 Å². The number of rotatable bonds is 7. The van der Waals surface area contributed by atoms with Crippen molar-refractivity contribution in [2.24, 2.45) is 0 Å². The Bertz CT molecular complexity index is 3460. The standard InChI is InChI=1S/C56H37NO/c1-2-9-38(10-3-1)40-17-19-41(20-18-40)42-23-30-48(31-24-42)57(49-32-25-43(26-33-49)47-22-21-39-11-4-5-13-46(39)37-47)50-34-27-45(28-35-50)51-15-8-16-54-55(51)53-36-29-44-12-6-7-14-52(44)56(53)58-54/h1-37H/i23D,24D,30D,31D. The van der Waals surface area contributed by atoms with E-state index in [0.717, 1.165) is 71.5 Å². The third kappa shape index (κ3) is 6.00. The van der Waals surface area contributed by atoms with E-state index in [1.165, 1.54) is 5.39 Å². The van der Waals surface area contributed by atoms with Gasteiger partial charge in [-0.3, -0.25) is 0 Å². The van der Waals surface area contributed by atoms with E-state index in [0.29, 0.717) is 16.9 Å². The minimum Gasteiger partial charge on any atom is -0.455 e. The van der Waals surface area contributed by atoms with Gasteiger partial charge in [0.25, 0.3) is 0 Å². The molecule has 0 aliphatic heterocycles. The quantitative estimate of drug-likeness (QED) is 0.162. The molecule has 0 amide bonds. The number of nitrogens with zero attached hydrogens (tertiary/aromatic N) is 1. The molecule has 0 saturated heterocycles. The van der Waals surface area contributed by atoms with Crippen molar-refractivity contribution in [3.8, 4) is 44.5 Å². The first-order valence-electron chi connectivity index (χ1n) is 21.5. The summed E-state index contributed by atoms with van der Waals surface area (Å²) in [6.45, 7) is 0. The molecule has 1 aromatic heterocycles. The number of hydrogen-bond acceptors (Lipinski definition) is 2. The van der Waals surface area contributed by atoms with Crippen molar-refractivity contribution in [2.45, 2.75) is 0 Å². The maximum atomic E-state index is 9.52. The summed E-state index contributed by atoms with van der Waals surface area (Å²) >= 11 is 0. The average molecular weight is 744 g/mol. The lowest BCUT2D eigenvalue weighted by atomic mass is 9.97. The predicted octanol–water partition coefficient (Wildman–Crippen LogP) is 16.0. The fraction of sp³-hybridized carbons (Fsp3) is 0. The predicted molar refractivity (Wildman–Crippen MR) is 245 cm³/mol. The van der Waals surface area contributed by atoms with Crippen LogP contribution in [0.15, 0.2) is 229 Å². The van der Waals surface area contributed by atoms with Crippen LogP contribution in [0.1, 0.15) is 5.48 Å². The molecule has 2 nitrogen and oxygen atoms in total. The molecular formula is C56H37NO. The molecular weight excluding hydrogens is 703 g/mol. The van der Waals surface area contributed by atoms with Crippen molar-refractivity contribution in [1.29, 1.82) is 0 Å². The Balaban J connectivity index is 1.03. The van der Waals surface area contributed by atoms with Crippen LogP contribution in [0.5, 0.6) is 0 Å². The van der Waals surface area contributed by atoms with E-state index in [-0.39, 0.29) is 35.4 Å². The summed E-state index contributed by atoms with van der Waals surface area (Å²) < 4.78 is 44.3. The highest BCUT2D eigenvalue weighted by Gasteiger charge is 2.17. The van der Waals surface area contributed by atoms with Crippen LogP contribution in [0, 0.1) is 0 Å². The van der Waals surface area contributed by atoms with Gasteiger partial charge >= 0.3 is 0 Å².